The second-order valence-corrected chi connectivity index (χ2v) is 3.66. The first kappa shape index (κ1) is 11.1. The summed E-state index contributed by atoms with van der Waals surface area (Å²) in [6.07, 6.45) is 2.91. The second kappa shape index (κ2) is 5.09. The van der Waals surface area contributed by atoms with Crippen molar-refractivity contribution in [3.63, 3.8) is 0 Å². The van der Waals surface area contributed by atoms with Gasteiger partial charge in [-0.25, -0.2) is 4.98 Å². The lowest BCUT2D eigenvalue weighted by atomic mass is 10.2. The summed E-state index contributed by atoms with van der Waals surface area (Å²) < 4.78 is 10.2. The van der Waals surface area contributed by atoms with Crippen LogP contribution in [0, 0.1) is 0 Å². The van der Waals surface area contributed by atoms with Gasteiger partial charge in [-0.05, 0) is 7.05 Å². The van der Waals surface area contributed by atoms with Gasteiger partial charge in [0.2, 0.25) is 5.91 Å². The molecule has 0 aromatic carbocycles. The van der Waals surface area contributed by atoms with Crippen LogP contribution in [0.3, 0.4) is 0 Å². The Bertz CT molecular complexity index is 339. The van der Waals surface area contributed by atoms with Gasteiger partial charge in [-0.2, -0.15) is 0 Å². The summed E-state index contributed by atoms with van der Waals surface area (Å²) in [5.74, 6) is 0.0444. The van der Waals surface area contributed by atoms with Gasteiger partial charge >= 0.3 is 0 Å². The molecule has 1 unspecified atom stereocenters. The largest absolute Gasteiger partial charge is 0.451 e. The molecule has 1 saturated heterocycles. The van der Waals surface area contributed by atoms with Crippen LogP contribution in [-0.2, 0) is 16.1 Å². The van der Waals surface area contributed by atoms with Gasteiger partial charge < -0.3 is 19.4 Å². The molecule has 1 fully saturated rings. The number of rotatable bonds is 3. The van der Waals surface area contributed by atoms with E-state index in [9.17, 15) is 4.79 Å². The minimum Gasteiger partial charge on any atom is -0.451 e. The van der Waals surface area contributed by atoms with E-state index in [2.05, 4.69) is 10.3 Å². The van der Waals surface area contributed by atoms with E-state index in [1.54, 1.807) is 18.2 Å². The molecule has 0 saturated carbocycles. The molecule has 6 nitrogen and oxygen atoms in total. The summed E-state index contributed by atoms with van der Waals surface area (Å²) in [5, 5.41) is 2.94. The van der Waals surface area contributed by atoms with Crippen molar-refractivity contribution in [1.29, 1.82) is 0 Å². The summed E-state index contributed by atoms with van der Waals surface area (Å²) in [6, 6.07) is -0.269. The summed E-state index contributed by atoms with van der Waals surface area (Å²) in [7, 11) is 1.76. The van der Waals surface area contributed by atoms with Crippen molar-refractivity contribution in [3.8, 4) is 0 Å². The van der Waals surface area contributed by atoms with Gasteiger partial charge in [-0.1, -0.05) is 0 Å². The minimum absolute atomic E-state index is 0.0444. The van der Waals surface area contributed by atoms with Gasteiger partial charge in [-0.3, -0.25) is 4.79 Å². The van der Waals surface area contributed by atoms with Crippen LogP contribution in [-0.4, -0.2) is 48.6 Å². The summed E-state index contributed by atoms with van der Waals surface area (Å²) >= 11 is 0. The summed E-state index contributed by atoms with van der Waals surface area (Å²) in [6.45, 7) is 2.03. The Morgan fingerprint density at radius 3 is 3.25 bits per heavy atom. The van der Waals surface area contributed by atoms with Crippen LogP contribution in [0.25, 0.3) is 0 Å². The quantitative estimate of drug-likeness (QED) is 0.759. The van der Waals surface area contributed by atoms with Crippen molar-refractivity contribution < 1.29 is 13.9 Å². The molecule has 1 aliphatic heterocycles. The Hall–Kier alpha value is -1.40. The molecule has 1 amide bonds. The van der Waals surface area contributed by atoms with E-state index in [4.69, 9.17) is 9.15 Å². The molecule has 0 spiro atoms. The Kier molecular flexibility index (Phi) is 3.53. The van der Waals surface area contributed by atoms with Crippen LogP contribution in [0.2, 0.25) is 0 Å². The summed E-state index contributed by atoms with van der Waals surface area (Å²) in [4.78, 5) is 17.8. The van der Waals surface area contributed by atoms with E-state index in [1.807, 2.05) is 0 Å². The number of aromatic nitrogens is 1. The van der Waals surface area contributed by atoms with E-state index >= 15 is 0 Å². The summed E-state index contributed by atoms with van der Waals surface area (Å²) in [5.41, 5.74) is 0.755. The average molecular weight is 225 g/mol. The van der Waals surface area contributed by atoms with Crippen molar-refractivity contribution in [2.75, 3.05) is 26.8 Å². The number of nitrogens with zero attached hydrogens (tertiary/aromatic N) is 2. The molecule has 1 aliphatic rings. The van der Waals surface area contributed by atoms with Gasteiger partial charge in [0.15, 0.2) is 6.39 Å². The fourth-order valence-corrected chi connectivity index (χ4v) is 1.65. The SMILES string of the molecule is CNC1COCCN(Cc2cocn2)C1=O. The molecule has 2 rings (SSSR count). The highest BCUT2D eigenvalue weighted by Crippen LogP contribution is 2.07. The lowest BCUT2D eigenvalue weighted by molar-refractivity contribution is -0.133. The third-order valence-electron chi connectivity index (χ3n) is 2.58. The van der Waals surface area contributed by atoms with E-state index in [1.165, 1.54) is 6.39 Å². The topological polar surface area (TPSA) is 67.6 Å². The van der Waals surface area contributed by atoms with E-state index < -0.39 is 0 Å². The molecule has 88 valence electrons. The first-order chi connectivity index (χ1) is 7.81. The number of carbonyl (C=O) groups is 1. The Morgan fingerprint density at radius 2 is 2.56 bits per heavy atom. The van der Waals surface area contributed by atoms with Crippen LogP contribution in [0.4, 0.5) is 0 Å². The zero-order valence-corrected chi connectivity index (χ0v) is 9.18. The Balaban J connectivity index is 2.04. The number of hydrogen-bond donors (Lipinski definition) is 1. The van der Waals surface area contributed by atoms with Crippen molar-refractivity contribution in [2.24, 2.45) is 0 Å². The number of hydrogen-bond acceptors (Lipinski definition) is 5. The smallest absolute Gasteiger partial charge is 0.242 e. The highest BCUT2D eigenvalue weighted by molar-refractivity contribution is 5.82. The number of nitrogens with one attached hydrogen (secondary N) is 1. The average Bonchev–Trinajstić information content (AvgIpc) is 2.73. The zero-order chi connectivity index (χ0) is 11.4. The van der Waals surface area contributed by atoms with Crippen LogP contribution in [0.15, 0.2) is 17.1 Å². The first-order valence-corrected chi connectivity index (χ1v) is 5.22. The maximum absolute atomic E-state index is 12.0. The normalized spacial score (nSPS) is 22.2. The molecule has 2 heterocycles. The highest BCUT2D eigenvalue weighted by Gasteiger charge is 2.26. The highest BCUT2D eigenvalue weighted by atomic mass is 16.5. The van der Waals surface area contributed by atoms with E-state index in [-0.39, 0.29) is 11.9 Å². The van der Waals surface area contributed by atoms with Crippen molar-refractivity contribution >= 4 is 5.91 Å². The number of ether oxygens (including phenoxy) is 1. The number of amides is 1. The first-order valence-electron chi connectivity index (χ1n) is 5.22. The van der Waals surface area contributed by atoms with E-state index in [0.717, 1.165) is 5.69 Å². The fraction of sp³-hybridized carbons (Fsp3) is 0.600. The predicted molar refractivity (Wildman–Crippen MR) is 55.6 cm³/mol. The molecule has 0 aliphatic carbocycles. The van der Waals surface area contributed by atoms with Gasteiger partial charge in [0.25, 0.3) is 0 Å². The molecule has 1 N–H and O–H groups in total. The molecule has 1 aromatic heterocycles. The maximum Gasteiger partial charge on any atom is 0.242 e. The molecule has 0 bridgehead atoms. The minimum atomic E-state index is -0.269. The Morgan fingerprint density at radius 1 is 1.69 bits per heavy atom. The fourth-order valence-electron chi connectivity index (χ4n) is 1.65. The molecule has 0 radical (unpaired) electrons. The molecular formula is C10H15N3O3. The molecular weight excluding hydrogens is 210 g/mol. The van der Waals surface area contributed by atoms with Crippen LogP contribution in [0.1, 0.15) is 5.69 Å². The molecule has 1 aromatic rings. The monoisotopic (exact) mass is 225 g/mol. The van der Waals surface area contributed by atoms with Crippen LogP contribution < -0.4 is 5.32 Å². The van der Waals surface area contributed by atoms with Crippen LogP contribution in [0.5, 0.6) is 0 Å². The maximum atomic E-state index is 12.0. The van der Waals surface area contributed by atoms with Crippen LogP contribution >= 0.6 is 0 Å². The van der Waals surface area contributed by atoms with Gasteiger partial charge in [-0.15, -0.1) is 0 Å². The van der Waals surface area contributed by atoms with Crippen molar-refractivity contribution in [1.82, 2.24) is 15.2 Å². The van der Waals surface area contributed by atoms with E-state index in [0.29, 0.717) is 26.3 Å². The van der Waals surface area contributed by atoms with Gasteiger partial charge in [0.1, 0.15) is 12.3 Å². The zero-order valence-electron chi connectivity index (χ0n) is 9.18. The molecule has 1 atom stereocenters. The molecule has 6 heteroatoms. The number of likely N-dealkylation sites (N-methyl/N-ethyl adjacent to an activating group) is 1. The second-order valence-electron chi connectivity index (χ2n) is 3.66. The third kappa shape index (κ3) is 2.40. The van der Waals surface area contributed by atoms with Crippen molar-refractivity contribution in [3.05, 3.63) is 18.4 Å². The predicted octanol–water partition coefficient (Wildman–Crippen LogP) is -0.379. The third-order valence-corrected chi connectivity index (χ3v) is 2.58. The Labute approximate surface area is 93.6 Å². The lowest BCUT2D eigenvalue weighted by Gasteiger charge is -2.21. The molecule has 16 heavy (non-hydrogen) atoms. The standard InChI is InChI=1S/C10H15N3O3/c1-11-9-6-15-3-2-13(10(9)14)4-8-5-16-7-12-8/h5,7,9,11H,2-4,6H2,1H3. The van der Waals surface area contributed by atoms with Crippen molar-refractivity contribution in [2.45, 2.75) is 12.6 Å². The number of oxazole rings is 1. The van der Waals surface area contributed by atoms with Gasteiger partial charge in [0, 0.05) is 6.54 Å². The van der Waals surface area contributed by atoms with Gasteiger partial charge in [0.05, 0.1) is 25.5 Å². The number of carbonyl (C=O) groups excluding carboxylic acids is 1. The lowest BCUT2D eigenvalue weighted by Crippen LogP contribution is -2.45.